The molecule has 0 aromatic carbocycles. The van der Waals surface area contributed by atoms with Crippen molar-refractivity contribution < 1.29 is 5.11 Å². The number of nitrogens with one attached hydrogen (secondary N) is 1. The maximum atomic E-state index is 9.34. The molecular weight excluding hydrogens is 240 g/mol. The quantitative estimate of drug-likeness (QED) is 0.877. The zero-order chi connectivity index (χ0) is 13.8. The van der Waals surface area contributed by atoms with Gasteiger partial charge in [0.25, 0.3) is 0 Å². The second-order valence-corrected chi connectivity index (χ2v) is 4.58. The molecule has 0 saturated heterocycles. The Morgan fingerprint density at radius 2 is 2.11 bits per heavy atom. The molecule has 5 heteroatoms. The van der Waals surface area contributed by atoms with Gasteiger partial charge in [-0.1, -0.05) is 0 Å². The predicted molar refractivity (Wildman–Crippen MR) is 74.9 cm³/mol. The van der Waals surface area contributed by atoms with Gasteiger partial charge in [0.2, 0.25) is 0 Å². The molecule has 0 aliphatic heterocycles. The number of aliphatic hydroxyl groups excluding tert-OH is 1. The fourth-order valence-corrected chi connectivity index (χ4v) is 1.67. The van der Waals surface area contributed by atoms with Crippen LogP contribution in [-0.2, 0) is 0 Å². The van der Waals surface area contributed by atoms with E-state index in [4.69, 9.17) is 0 Å². The minimum absolute atomic E-state index is 0.420. The first-order valence-corrected chi connectivity index (χ1v) is 6.25. The van der Waals surface area contributed by atoms with Crippen LogP contribution < -0.4 is 5.32 Å². The van der Waals surface area contributed by atoms with Gasteiger partial charge in [0.15, 0.2) is 5.82 Å². The highest BCUT2D eigenvalue weighted by molar-refractivity contribution is 5.58. The van der Waals surface area contributed by atoms with E-state index in [9.17, 15) is 5.11 Å². The van der Waals surface area contributed by atoms with Crippen LogP contribution in [0.2, 0.25) is 0 Å². The van der Waals surface area contributed by atoms with E-state index < -0.39 is 6.10 Å². The van der Waals surface area contributed by atoms with Crippen molar-refractivity contribution in [2.24, 2.45) is 0 Å². The number of hydrogen-bond donors (Lipinski definition) is 2. The third kappa shape index (κ3) is 3.26. The van der Waals surface area contributed by atoms with Crippen molar-refractivity contribution in [3.05, 3.63) is 35.8 Å². The lowest BCUT2D eigenvalue weighted by molar-refractivity contribution is 0.208. The maximum absolute atomic E-state index is 9.34. The van der Waals surface area contributed by atoms with Gasteiger partial charge in [0.05, 0.1) is 6.10 Å². The summed E-state index contributed by atoms with van der Waals surface area (Å²) in [6.45, 7) is 6.11. The number of aliphatic hydroxyl groups is 1. The molecule has 100 valence electrons. The molecule has 0 amide bonds. The second kappa shape index (κ2) is 5.75. The van der Waals surface area contributed by atoms with Gasteiger partial charge in [-0.15, -0.1) is 0 Å². The van der Waals surface area contributed by atoms with Gasteiger partial charge in [-0.3, -0.25) is 4.98 Å². The van der Waals surface area contributed by atoms with Crippen LogP contribution in [0, 0.1) is 13.8 Å². The Hall–Kier alpha value is -2.01. The number of hydrogen-bond acceptors (Lipinski definition) is 5. The van der Waals surface area contributed by atoms with Crippen LogP contribution in [0.3, 0.4) is 0 Å². The second-order valence-electron chi connectivity index (χ2n) is 4.58. The molecule has 0 aliphatic rings. The molecule has 5 nitrogen and oxygen atoms in total. The molecule has 0 unspecified atom stereocenters. The SMILES string of the molecule is Cc1nc(-c2cccnc2)nc(NC[C@@H](C)O)c1C. The zero-order valence-corrected chi connectivity index (χ0v) is 11.4. The van der Waals surface area contributed by atoms with E-state index in [1.165, 1.54) is 0 Å². The van der Waals surface area contributed by atoms with E-state index in [0.29, 0.717) is 12.4 Å². The normalized spacial score (nSPS) is 12.2. The number of rotatable bonds is 4. The fourth-order valence-electron chi connectivity index (χ4n) is 1.67. The molecule has 2 N–H and O–H groups in total. The number of aromatic nitrogens is 3. The number of pyridine rings is 1. The highest BCUT2D eigenvalue weighted by Gasteiger charge is 2.10. The molecule has 0 spiro atoms. The van der Waals surface area contributed by atoms with Crippen molar-refractivity contribution in [2.45, 2.75) is 26.9 Å². The molecule has 0 fully saturated rings. The Balaban J connectivity index is 2.36. The predicted octanol–water partition coefficient (Wildman–Crippen LogP) is 1.95. The fraction of sp³-hybridized carbons (Fsp3) is 0.357. The van der Waals surface area contributed by atoms with Crippen LogP contribution in [-0.4, -0.2) is 32.7 Å². The van der Waals surface area contributed by atoms with Gasteiger partial charge < -0.3 is 10.4 Å². The van der Waals surface area contributed by atoms with Gasteiger partial charge in [-0.2, -0.15) is 0 Å². The molecule has 2 heterocycles. The van der Waals surface area contributed by atoms with E-state index in [1.807, 2.05) is 26.0 Å². The number of nitrogens with zero attached hydrogens (tertiary/aromatic N) is 3. The van der Waals surface area contributed by atoms with Gasteiger partial charge in [-0.05, 0) is 32.9 Å². The Morgan fingerprint density at radius 3 is 2.74 bits per heavy atom. The summed E-state index contributed by atoms with van der Waals surface area (Å²) in [6.07, 6.45) is 3.04. The zero-order valence-electron chi connectivity index (χ0n) is 11.4. The smallest absolute Gasteiger partial charge is 0.163 e. The molecule has 2 aromatic rings. The van der Waals surface area contributed by atoms with Gasteiger partial charge in [0, 0.05) is 35.8 Å². The Bertz CT molecular complexity index is 555. The molecule has 0 aliphatic carbocycles. The highest BCUT2D eigenvalue weighted by atomic mass is 16.3. The first-order chi connectivity index (χ1) is 9.08. The Morgan fingerprint density at radius 1 is 1.32 bits per heavy atom. The van der Waals surface area contributed by atoms with Crippen molar-refractivity contribution in [1.82, 2.24) is 15.0 Å². The maximum Gasteiger partial charge on any atom is 0.163 e. The largest absolute Gasteiger partial charge is 0.392 e. The molecular formula is C14H18N4O. The monoisotopic (exact) mass is 258 g/mol. The summed E-state index contributed by atoms with van der Waals surface area (Å²) in [5.41, 5.74) is 2.79. The van der Waals surface area contributed by atoms with Crippen molar-refractivity contribution in [2.75, 3.05) is 11.9 Å². The summed E-state index contributed by atoms with van der Waals surface area (Å²) >= 11 is 0. The summed E-state index contributed by atoms with van der Waals surface area (Å²) in [5.74, 6) is 1.40. The van der Waals surface area contributed by atoms with Crippen LogP contribution in [0.4, 0.5) is 5.82 Å². The molecule has 0 bridgehead atoms. The average Bonchev–Trinajstić information content (AvgIpc) is 2.41. The first-order valence-electron chi connectivity index (χ1n) is 6.25. The van der Waals surface area contributed by atoms with E-state index in [0.717, 1.165) is 22.6 Å². The Labute approximate surface area is 112 Å². The van der Waals surface area contributed by atoms with Crippen LogP contribution in [0.5, 0.6) is 0 Å². The number of anilines is 1. The van der Waals surface area contributed by atoms with Gasteiger partial charge in [-0.25, -0.2) is 9.97 Å². The molecule has 0 saturated carbocycles. The third-order valence-corrected chi connectivity index (χ3v) is 2.87. The van der Waals surface area contributed by atoms with Gasteiger partial charge >= 0.3 is 0 Å². The summed E-state index contributed by atoms with van der Waals surface area (Å²) in [6, 6.07) is 3.78. The average molecular weight is 258 g/mol. The van der Waals surface area contributed by atoms with Crippen LogP contribution in [0.1, 0.15) is 18.2 Å². The number of aryl methyl sites for hydroxylation is 1. The van der Waals surface area contributed by atoms with E-state index in [2.05, 4.69) is 20.3 Å². The first kappa shape index (κ1) is 13.4. The molecule has 1 atom stereocenters. The highest BCUT2D eigenvalue weighted by Crippen LogP contribution is 2.20. The van der Waals surface area contributed by atoms with Crippen LogP contribution >= 0.6 is 0 Å². The standard InChI is InChI=1S/C14H18N4O/c1-9(19)7-16-13-10(2)11(3)17-14(18-13)12-5-4-6-15-8-12/h4-6,8-9,19H,7H2,1-3H3,(H,16,17,18)/t9-/m1/s1. The van der Waals surface area contributed by atoms with Crippen molar-refractivity contribution >= 4 is 5.82 Å². The van der Waals surface area contributed by atoms with E-state index >= 15 is 0 Å². The minimum Gasteiger partial charge on any atom is -0.392 e. The molecule has 2 rings (SSSR count). The van der Waals surface area contributed by atoms with Crippen molar-refractivity contribution in [3.63, 3.8) is 0 Å². The van der Waals surface area contributed by atoms with Gasteiger partial charge in [0.1, 0.15) is 5.82 Å². The van der Waals surface area contributed by atoms with Crippen LogP contribution in [0.25, 0.3) is 11.4 Å². The lowest BCUT2D eigenvalue weighted by Gasteiger charge is -2.13. The Kier molecular flexibility index (Phi) is 4.06. The third-order valence-electron chi connectivity index (χ3n) is 2.87. The minimum atomic E-state index is -0.420. The summed E-state index contributed by atoms with van der Waals surface area (Å²) < 4.78 is 0. The van der Waals surface area contributed by atoms with E-state index in [1.54, 1.807) is 19.3 Å². The summed E-state index contributed by atoms with van der Waals surface area (Å²) in [5, 5.41) is 12.5. The van der Waals surface area contributed by atoms with E-state index in [-0.39, 0.29) is 0 Å². The molecule has 19 heavy (non-hydrogen) atoms. The van der Waals surface area contributed by atoms with Crippen molar-refractivity contribution in [3.8, 4) is 11.4 Å². The topological polar surface area (TPSA) is 70.9 Å². The van der Waals surface area contributed by atoms with Crippen LogP contribution in [0.15, 0.2) is 24.5 Å². The lowest BCUT2D eigenvalue weighted by atomic mass is 10.2. The summed E-state index contributed by atoms with van der Waals surface area (Å²) in [4.78, 5) is 13.1. The molecule has 0 radical (unpaired) electrons. The lowest BCUT2D eigenvalue weighted by Crippen LogP contribution is -2.17. The molecule has 2 aromatic heterocycles. The summed E-state index contributed by atoms with van der Waals surface area (Å²) in [7, 11) is 0. The van der Waals surface area contributed by atoms with Crippen molar-refractivity contribution in [1.29, 1.82) is 0 Å².